The van der Waals surface area contributed by atoms with Crippen molar-refractivity contribution in [1.29, 1.82) is 5.41 Å². The molecule has 0 amide bonds. The van der Waals surface area contributed by atoms with E-state index in [1.54, 1.807) is 32.0 Å². The van der Waals surface area contributed by atoms with Crippen molar-refractivity contribution in [2.75, 3.05) is 5.73 Å². The molecule has 5 heteroatoms. The molecule has 1 aromatic carbocycles. The predicted molar refractivity (Wildman–Crippen MR) is 78.6 cm³/mol. The first-order valence-electron chi connectivity index (χ1n) is 5.85. The van der Waals surface area contributed by atoms with Crippen LogP contribution in [0.5, 0.6) is 0 Å². The van der Waals surface area contributed by atoms with Gasteiger partial charge in [0.05, 0.1) is 22.1 Å². The highest BCUT2D eigenvalue weighted by Crippen LogP contribution is 2.26. The SMILES string of the molecule is CC1=CC(=O)C(=Nc2ccc(N)c(Cl)c2)C(C)C1=N. The summed E-state index contributed by atoms with van der Waals surface area (Å²) in [6, 6.07) is 4.95. The fourth-order valence-electron chi connectivity index (χ4n) is 1.92. The van der Waals surface area contributed by atoms with E-state index >= 15 is 0 Å². The number of nitrogens with zero attached hydrogens (tertiary/aromatic N) is 1. The molecule has 0 aromatic heterocycles. The van der Waals surface area contributed by atoms with Crippen LogP contribution < -0.4 is 5.73 Å². The van der Waals surface area contributed by atoms with Crippen molar-refractivity contribution in [3.05, 3.63) is 34.9 Å². The molecule has 0 aliphatic heterocycles. The van der Waals surface area contributed by atoms with Crippen molar-refractivity contribution in [1.82, 2.24) is 0 Å². The number of halogens is 1. The fraction of sp³-hybridized carbons (Fsp3) is 0.214. The Morgan fingerprint density at radius 3 is 2.74 bits per heavy atom. The van der Waals surface area contributed by atoms with Crippen LogP contribution in [0.3, 0.4) is 0 Å². The van der Waals surface area contributed by atoms with Gasteiger partial charge < -0.3 is 11.1 Å². The third-order valence-electron chi connectivity index (χ3n) is 3.10. The summed E-state index contributed by atoms with van der Waals surface area (Å²) in [6.07, 6.45) is 1.44. The van der Waals surface area contributed by atoms with Gasteiger partial charge in [-0.15, -0.1) is 0 Å². The van der Waals surface area contributed by atoms with Crippen molar-refractivity contribution in [3.63, 3.8) is 0 Å². The number of rotatable bonds is 1. The molecule has 0 saturated heterocycles. The number of anilines is 1. The molecule has 19 heavy (non-hydrogen) atoms. The molecule has 1 aromatic rings. The lowest BCUT2D eigenvalue weighted by molar-refractivity contribution is -0.109. The van der Waals surface area contributed by atoms with Gasteiger partial charge in [0, 0.05) is 11.6 Å². The van der Waals surface area contributed by atoms with Gasteiger partial charge in [0.15, 0.2) is 0 Å². The van der Waals surface area contributed by atoms with E-state index in [2.05, 4.69) is 4.99 Å². The van der Waals surface area contributed by atoms with Crippen LogP contribution in [0.25, 0.3) is 0 Å². The largest absolute Gasteiger partial charge is 0.398 e. The van der Waals surface area contributed by atoms with Gasteiger partial charge in [0.2, 0.25) is 5.78 Å². The maximum atomic E-state index is 12.0. The second-order valence-electron chi connectivity index (χ2n) is 4.53. The van der Waals surface area contributed by atoms with Crippen LogP contribution in [-0.4, -0.2) is 17.2 Å². The maximum Gasteiger partial charge on any atom is 0.201 e. The lowest BCUT2D eigenvalue weighted by atomic mass is 9.86. The minimum atomic E-state index is -0.311. The van der Waals surface area contributed by atoms with E-state index in [1.807, 2.05) is 0 Å². The molecule has 1 atom stereocenters. The predicted octanol–water partition coefficient (Wildman–Crippen LogP) is 3.18. The molecule has 0 bridgehead atoms. The number of carbonyl (C=O) groups excluding carboxylic acids is 1. The molecular formula is C14H14ClN3O. The van der Waals surface area contributed by atoms with Crippen LogP contribution in [-0.2, 0) is 4.79 Å². The van der Waals surface area contributed by atoms with Gasteiger partial charge in [-0.3, -0.25) is 4.79 Å². The fourth-order valence-corrected chi connectivity index (χ4v) is 2.09. The molecule has 0 saturated carbocycles. The summed E-state index contributed by atoms with van der Waals surface area (Å²) in [5.74, 6) is -0.470. The number of allylic oxidation sites excluding steroid dienone is 2. The van der Waals surface area contributed by atoms with Crippen LogP contribution in [0, 0.1) is 11.3 Å². The standard InChI is InChI=1S/C14H14ClN3O/c1-7-5-12(19)14(8(2)13(7)17)18-9-3-4-11(16)10(15)6-9/h3-6,8,17H,16H2,1-2H3. The van der Waals surface area contributed by atoms with Crippen LogP contribution >= 0.6 is 11.6 Å². The Kier molecular flexibility index (Phi) is 3.53. The zero-order chi connectivity index (χ0) is 14.2. The molecule has 1 unspecified atom stereocenters. The molecular weight excluding hydrogens is 262 g/mol. The normalized spacial score (nSPS) is 21.7. The maximum absolute atomic E-state index is 12.0. The van der Waals surface area contributed by atoms with E-state index in [4.69, 9.17) is 22.7 Å². The Bertz CT molecular complexity index is 632. The summed E-state index contributed by atoms with van der Waals surface area (Å²) in [5.41, 5.74) is 8.12. The zero-order valence-electron chi connectivity index (χ0n) is 10.7. The van der Waals surface area contributed by atoms with Crippen molar-refractivity contribution >= 4 is 40.2 Å². The first-order valence-corrected chi connectivity index (χ1v) is 6.23. The summed E-state index contributed by atoms with van der Waals surface area (Å²) in [4.78, 5) is 16.3. The Hall–Kier alpha value is -1.94. The Balaban J connectivity index is 2.45. The molecule has 0 radical (unpaired) electrons. The summed E-state index contributed by atoms with van der Waals surface area (Å²) in [6.45, 7) is 3.56. The van der Waals surface area contributed by atoms with Crippen LogP contribution in [0.15, 0.2) is 34.8 Å². The van der Waals surface area contributed by atoms with E-state index < -0.39 is 0 Å². The molecule has 0 heterocycles. The number of hydrogen-bond donors (Lipinski definition) is 2. The Labute approximate surface area is 116 Å². The number of benzene rings is 1. The molecule has 1 aliphatic rings. The molecule has 98 valence electrons. The van der Waals surface area contributed by atoms with Crippen LogP contribution in [0.2, 0.25) is 5.02 Å². The third-order valence-corrected chi connectivity index (χ3v) is 3.43. The summed E-state index contributed by atoms with van der Waals surface area (Å²) < 4.78 is 0. The van der Waals surface area contributed by atoms with Gasteiger partial charge in [0.1, 0.15) is 0 Å². The van der Waals surface area contributed by atoms with Crippen molar-refractivity contribution in [3.8, 4) is 0 Å². The lowest BCUT2D eigenvalue weighted by Crippen LogP contribution is -2.32. The number of carbonyl (C=O) groups is 1. The van der Waals surface area contributed by atoms with E-state index in [-0.39, 0.29) is 11.7 Å². The summed E-state index contributed by atoms with van der Waals surface area (Å²) >= 11 is 5.92. The monoisotopic (exact) mass is 275 g/mol. The third kappa shape index (κ3) is 2.58. The van der Waals surface area contributed by atoms with Gasteiger partial charge in [-0.25, -0.2) is 4.99 Å². The van der Waals surface area contributed by atoms with Gasteiger partial charge in [-0.05, 0) is 36.8 Å². The second-order valence-corrected chi connectivity index (χ2v) is 4.94. The van der Waals surface area contributed by atoms with Gasteiger partial charge in [0.25, 0.3) is 0 Å². The minimum Gasteiger partial charge on any atom is -0.398 e. The number of nitrogens with two attached hydrogens (primary N) is 1. The Morgan fingerprint density at radius 2 is 2.11 bits per heavy atom. The van der Waals surface area contributed by atoms with Crippen molar-refractivity contribution in [2.24, 2.45) is 10.9 Å². The van der Waals surface area contributed by atoms with E-state index in [0.29, 0.717) is 33.4 Å². The van der Waals surface area contributed by atoms with E-state index in [0.717, 1.165) is 0 Å². The van der Waals surface area contributed by atoms with Crippen LogP contribution in [0.1, 0.15) is 13.8 Å². The highest BCUT2D eigenvalue weighted by Gasteiger charge is 2.27. The molecule has 0 fully saturated rings. The van der Waals surface area contributed by atoms with E-state index in [1.165, 1.54) is 6.08 Å². The average Bonchev–Trinajstić information content (AvgIpc) is 2.36. The number of hydrogen-bond acceptors (Lipinski definition) is 4. The molecule has 1 aliphatic carbocycles. The van der Waals surface area contributed by atoms with Crippen molar-refractivity contribution < 1.29 is 4.79 Å². The van der Waals surface area contributed by atoms with E-state index in [9.17, 15) is 4.79 Å². The molecule has 4 nitrogen and oxygen atoms in total. The molecule has 3 N–H and O–H groups in total. The highest BCUT2D eigenvalue weighted by atomic mass is 35.5. The topological polar surface area (TPSA) is 79.3 Å². The first-order chi connectivity index (χ1) is 8.90. The molecule has 2 rings (SSSR count). The minimum absolute atomic E-state index is 0.158. The summed E-state index contributed by atoms with van der Waals surface area (Å²) in [5, 5.41) is 8.32. The number of nitrogen functional groups attached to an aromatic ring is 1. The number of ketones is 1. The zero-order valence-corrected chi connectivity index (χ0v) is 11.5. The first kappa shape index (κ1) is 13.5. The van der Waals surface area contributed by atoms with Gasteiger partial charge >= 0.3 is 0 Å². The van der Waals surface area contributed by atoms with Crippen molar-refractivity contribution in [2.45, 2.75) is 13.8 Å². The van der Waals surface area contributed by atoms with Crippen LogP contribution in [0.4, 0.5) is 11.4 Å². The van der Waals surface area contributed by atoms with Gasteiger partial charge in [-0.2, -0.15) is 0 Å². The second kappa shape index (κ2) is 4.97. The lowest BCUT2D eigenvalue weighted by Gasteiger charge is -2.19. The molecule has 0 spiro atoms. The quantitative estimate of drug-likeness (QED) is 0.772. The average molecular weight is 276 g/mol. The highest BCUT2D eigenvalue weighted by molar-refractivity contribution is 6.51. The Morgan fingerprint density at radius 1 is 1.42 bits per heavy atom. The van der Waals surface area contributed by atoms with Gasteiger partial charge in [-0.1, -0.05) is 18.5 Å². The number of aliphatic imine (C=N–C) groups is 1. The smallest absolute Gasteiger partial charge is 0.201 e. The summed E-state index contributed by atoms with van der Waals surface area (Å²) in [7, 11) is 0. The number of nitrogens with one attached hydrogen (secondary N) is 1.